The lowest BCUT2D eigenvalue weighted by atomic mass is 10.2. The highest BCUT2D eigenvalue weighted by atomic mass is 35.5. The first-order valence-electron chi connectivity index (χ1n) is 5.20. The van der Waals surface area contributed by atoms with Gasteiger partial charge in [0.25, 0.3) is 0 Å². The average molecular weight is 258 g/mol. The van der Waals surface area contributed by atoms with Gasteiger partial charge in [0, 0.05) is 6.54 Å². The maximum absolute atomic E-state index is 11.3. The average Bonchev–Trinajstić information content (AvgIpc) is 2.28. The first-order valence-corrected chi connectivity index (χ1v) is 5.57. The van der Waals surface area contributed by atoms with E-state index in [-0.39, 0.29) is 0 Å². The normalized spacial score (nSPS) is 10.4. The molecule has 1 rings (SSSR count). The number of hydrogen-bond donors (Lipinski definition) is 0. The van der Waals surface area contributed by atoms with Gasteiger partial charge in [0.15, 0.2) is 0 Å². The summed E-state index contributed by atoms with van der Waals surface area (Å²) in [6.07, 6.45) is 0. The van der Waals surface area contributed by atoms with Gasteiger partial charge in [0.1, 0.15) is 12.4 Å². The number of likely N-dealkylation sites (N-methyl/N-ethyl adjacent to an activating group) is 1. The molecule has 0 aromatic heterocycles. The molecule has 4 nitrogen and oxygen atoms in total. The van der Waals surface area contributed by atoms with Crippen molar-refractivity contribution in [3.05, 3.63) is 28.8 Å². The molecule has 0 spiro atoms. The Balaban J connectivity index is 2.65. The number of rotatable bonds is 5. The van der Waals surface area contributed by atoms with E-state index in [2.05, 4.69) is 4.74 Å². The van der Waals surface area contributed by atoms with Gasteiger partial charge in [0.05, 0.1) is 17.7 Å². The molecule has 0 N–H and O–H groups in total. The minimum absolute atomic E-state index is 0.333. The maximum Gasteiger partial charge on any atom is 0.339 e. The van der Waals surface area contributed by atoms with Gasteiger partial charge in [-0.15, -0.1) is 0 Å². The van der Waals surface area contributed by atoms with Crippen LogP contribution >= 0.6 is 11.6 Å². The van der Waals surface area contributed by atoms with Crippen LogP contribution in [0.25, 0.3) is 0 Å². The highest BCUT2D eigenvalue weighted by molar-refractivity contribution is 6.33. The molecular formula is C12H16ClNO3. The van der Waals surface area contributed by atoms with Gasteiger partial charge in [-0.25, -0.2) is 4.79 Å². The molecule has 1 aromatic carbocycles. The van der Waals surface area contributed by atoms with E-state index in [4.69, 9.17) is 16.3 Å². The van der Waals surface area contributed by atoms with Crippen molar-refractivity contribution < 1.29 is 14.3 Å². The molecule has 0 radical (unpaired) electrons. The Morgan fingerprint density at radius 2 is 2.12 bits per heavy atom. The van der Waals surface area contributed by atoms with Gasteiger partial charge in [-0.2, -0.15) is 0 Å². The Kier molecular flexibility index (Phi) is 5.25. The molecule has 0 amide bonds. The van der Waals surface area contributed by atoms with Crippen molar-refractivity contribution in [2.24, 2.45) is 0 Å². The lowest BCUT2D eigenvalue weighted by Gasteiger charge is -2.11. The first kappa shape index (κ1) is 13.8. The van der Waals surface area contributed by atoms with Crippen molar-refractivity contribution in [2.45, 2.75) is 0 Å². The van der Waals surface area contributed by atoms with E-state index >= 15 is 0 Å². The molecule has 0 heterocycles. The number of benzene rings is 1. The summed E-state index contributed by atoms with van der Waals surface area (Å²) >= 11 is 5.95. The number of carbonyl (C=O) groups excluding carboxylic acids is 1. The second kappa shape index (κ2) is 6.47. The molecule has 0 atom stereocenters. The quantitative estimate of drug-likeness (QED) is 0.757. The van der Waals surface area contributed by atoms with Crippen LogP contribution in [0.5, 0.6) is 5.75 Å². The lowest BCUT2D eigenvalue weighted by molar-refractivity contribution is 0.0601. The molecule has 0 unspecified atom stereocenters. The van der Waals surface area contributed by atoms with Crippen molar-refractivity contribution in [1.82, 2.24) is 4.90 Å². The second-order valence-electron chi connectivity index (χ2n) is 3.78. The Bertz CT molecular complexity index is 393. The number of nitrogens with zero attached hydrogens (tertiary/aromatic N) is 1. The number of esters is 1. The number of halogens is 1. The Morgan fingerprint density at radius 3 is 2.65 bits per heavy atom. The summed E-state index contributed by atoms with van der Waals surface area (Å²) in [6.45, 7) is 1.39. The molecule has 0 aliphatic carbocycles. The van der Waals surface area contributed by atoms with Gasteiger partial charge >= 0.3 is 5.97 Å². The molecule has 94 valence electrons. The van der Waals surface area contributed by atoms with Crippen LogP contribution in [-0.4, -0.2) is 45.2 Å². The summed E-state index contributed by atoms with van der Waals surface area (Å²) in [6, 6.07) is 4.91. The molecule has 0 fully saturated rings. The third-order valence-electron chi connectivity index (χ3n) is 2.15. The zero-order valence-corrected chi connectivity index (χ0v) is 11.0. The predicted octanol–water partition coefficient (Wildman–Crippen LogP) is 2.07. The molecule has 0 saturated carbocycles. The smallest absolute Gasteiger partial charge is 0.339 e. The molecule has 17 heavy (non-hydrogen) atoms. The fraction of sp³-hybridized carbons (Fsp3) is 0.417. The fourth-order valence-corrected chi connectivity index (χ4v) is 1.45. The van der Waals surface area contributed by atoms with Crippen LogP contribution in [0.1, 0.15) is 10.4 Å². The largest absolute Gasteiger partial charge is 0.492 e. The number of ether oxygens (including phenoxy) is 2. The topological polar surface area (TPSA) is 38.8 Å². The van der Waals surface area contributed by atoms with Crippen molar-refractivity contribution in [2.75, 3.05) is 34.4 Å². The van der Waals surface area contributed by atoms with Crippen LogP contribution in [-0.2, 0) is 4.74 Å². The van der Waals surface area contributed by atoms with Crippen molar-refractivity contribution in [3.63, 3.8) is 0 Å². The van der Waals surface area contributed by atoms with E-state index in [0.29, 0.717) is 22.9 Å². The molecule has 1 aromatic rings. The summed E-state index contributed by atoms with van der Waals surface area (Å²) in [5.74, 6) is 0.194. The maximum atomic E-state index is 11.3. The molecular weight excluding hydrogens is 242 g/mol. The summed E-state index contributed by atoms with van der Waals surface area (Å²) in [4.78, 5) is 13.3. The third-order valence-corrected chi connectivity index (χ3v) is 2.47. The van der Waals surface area contributed by atoms with Crippen LogP contribution in [0.2, 0.25) is 5.02 Å². The Labute approximate surface area is 106 Å². The lowest BCUT2D eigenvalue weighted by Crippen LogP contribution is -2.19. The molecule has 0 aliphatic rings. The molecule has 0 bridgehead atoms. The summed E-state index contributed by atoms with van der Waals surface area (Å²) in [7, 11) is 5.26. The van der Waals surface area contributed by atoms with E-state index in [9.17, 15) is 4.79 Å². The van der Waals surface area contributed by atoms with Crippen molar-refractivity contribution in [1.29, 1.82) is 0 Å². The Morgan fingerprint density at radius 1 is 1.41 bits per heavy atom. The van der Waals surface area contributed by atoms with Crippen molar-refractivity contribution >= 4 is 17.6 Å². The van der Waals surface area contributed by atoms with E-state index in [1.165, 1.54) is 7.11 Å². The van der Waals surface area contributed by atoms with Crippen LogP contribution in [0.15, 0.2) is 18.2 Å². The summed E-state index contributed by atoms with van der Waals surface area (Å²) in [5.41, 5.74) is 0.342. The predicted molar refractivity (Wildman–Crippen MR) is 66.8 cm³/mol. The van der Waals surface area contributed by atoms with E-state index < -0.39 is 5.97 Å². The highest BCUT2D eigenvalue weighted by Crippen LogP contribution is 2.23. The van der Waals surface area contributed by atoms with Gasteiger partial charge in [-0.1, -0.05) is 11.6 Å². The third kappa shape index (κ3) is 4.24. The minimum Gasteiger partial charge on any atom is -0.492 e. The van der Waals surface area contributed by atoms with Crippen LogP contribution in [0.3, 0.4) is 0 Å². The van der Waals surface area contributed by atoms with Gasteiger partial charge < -0.3 is 14.4 Å². The summed E-state index contributed by atoms with van der Waals surface area (Å²) in [5, 5.41) is 0.333. The number of hydrogen-bond acceptors (Lipinski definition) is 4. The first-order chi connectivity index (χ1) is 8.04. The monoisotopic (exact) mass is 257 g/mol. The highest BCUT2D eigenvalue weighted by Gasteiger charge is 2.11. The zero-order chi connectivity index (χ0) is 12.8. The number of carbonyl (C=O) groups is 1. The van der Waals surface area contributed by atoms with E-state index in [1.807, 2.05) is 19.0 Å². The van der Waals surface area contributed by atoms with Gasteiger partial charge in [0.2, 0.25) is 0 Å². The number of methoxy groups -OCH3 is 1. The Hall–Kier alpha value is -1.26. The minimum atomic E-state index is -0.449. The van der Waals surface area contributed by atoms with Crippen molar-refractivity contribution in [3.8, 4) is 5.75 Å². The standard InChI is InChI=1S/C12H16ClNO3/c1-14(2)6-7-17-9-4-5-10(11(13)8-9)12(15)16-3/h4-5,8H,6-7H2,1-3H3. The van der Waals surface area contributed by atoms with Crippen LogP contribution in [0, 0.1) is 0 Å². The van der Waals surface area contributed by atoms with Gasteiger partial charge in [-0.05, 0) is 32.3 Å². The van der Waals surface area contributed by atoms with Crippen LogP contribution in [0.4, 0.5) is 0 Å². The van der Waals surface area contributed by atoms with Gasteiger partial charge in [-0.3, -0.25) is 0 Å². The molecule has 5 heteroatoms. The summed E-state index contributed by atoms with van der Waals surface area (Å²) < 4.78 is 10.1. The molecule has 0 aliphatic heterocycles. The zero-order valence-electron chi connectivity index (χ0n) is 10.2. The van der Waals surface area contributed by atoms with E-state index in [0.717, 1.165) is 6.54 Å². The fourth-order valence-electron chi connectivity index (χ4n) is 1.21. The van der Waals surface area contributed by atoms with Crippen LogP contribution < -0.4 is 4.74 Å². The molecule has 0 saturated heterocycles. The SMILES string of the molecule is COC(=O)c1ccc(OCCN(C)C)cc1Cl. The van der Waals surface area contributed by atoms with E-state index in [1.54, 1.807) is 18.2 Å². The second-order valence-corrected chi connectivity index (χ2v) is 4.19.